The molecule has 0 saturated heterocycles. The molecule has 0 aliphatic carbocycles. The summed E-state index contributed by atoms with van der Waals surface area (Å²) in [5, 5.41) is 3.13. The van der Waals surface area contributed by atoms with Crippen molar-refractivity contribution in [1.29, 1.82) is 0 Å². The van der Waals surface area contributed by atoms with Crippen LogP contribution in [0.1, 0.15) is 51.0 Å². The Morgan fingerprint density at radius 2 is 1.77 bits per heavy atom. The van der Waals surface area contributed by atoms with E-state index in [2.05, 4.69) is 29.1 Å². The van der Waals surface area contributed by atoms with Crippen LogP contribution >= 0.6 is 0 Å². The zero-order valence-corrected chi connectivity index (χ0v) is 16.0. The Labute approximate surface area is 155 Å². The molecule has 0 bridgehead atoms. The van der Waals surface area contributed by atoms with Crippen LogP contribution in [0.15, 0.2) is 36.5 Å². The molecule has 0 fully saturated rings. The lowest BCUT2D eigenvalue weighted by atomic mass is 10.3. The highest BCUT2D eigenvalue weighted by atomic mass is 16.5. The molecule has 1 aromatic heterocycles. The number of hydrogen-bond acceptors (Lipinski definition) is 5. The van der Waals surface area contributed by atoms with Crippen LogP contribution in [0.2, 0.25) is 0 Å². The van der Waals surface area contributed by atoms with Crippen LogP contribution in [0.5, 0.6) is 5.75 Å². The molecule has 0 unspecified atom stereocenters. The van der Waals surface area contributed by atoms with Gasteiger partial charge in [0.15, 0.2) is 0 Å². The van der Waals surface area contributed by atoms with Gasteiger partial charge in [0.25, 0.3) is 5.91 Å². The topological polar surface area (TPSA) is 67.4 Å². The minimum atomic E-state index is -0.0557. The Morgan fingerprint density at radius 3 is 2.35 bits per heavy atom. The summed E-state index contributed by atoms with van der Waals surface area (Å²) in [5.74, 6) is 1.16. The number of nitrogens with zero attached hydrogens (tertiary/aromatic N) is 3. The molecule has 1 heterocycles. The first kappa shape index (κ1) is 19.7. The van der Waals surface area contributed by atoms with Crippen LogP contribution in [-0.4, -0.2) is 40.0 Å². The number of hydrogen-bond donors (Lipinski definition) is 1. The molecule has 26 heavy (non-hydrogen) atoms. The monoisotopic (exact) mass is 356 g/mol. The fourth-order valence-corrected chi connectivity index (χ4v) is 2.57. The molecule has 1 aromatic carbocycles. The van der Waals surface area contributed by atoms with E-state index in [-0.39, 0.29) is 12.0 Å². The molecule has 6 nitrogen and oxygen atoms in total. The molecule has 0 radical (unpaired) electrons. The van der Waals surface area contributed by atoms with Gasteiger partial charge in [0, 0.05) is 25.0 Å². The molecule has 6 heteroatoms. The average molecular weight is 356 g/mol. The second-order valence-electron chi connectivity index (χ2n) is 6.37. The van der Waals surface area contributed by atoms with Gasteiger partial charge >= 0.3 is 0 Å². The first-order valence-electron chi connectivity index (χ1n) is 9.19. The molecule has 140 valence electrons. The van der Waals surface area contributed by atoms with Gasteiger partial charge in [0.2, 0.25) is 5.95 Å². The van der Waals surface area contributed by atoms with Crippen LogP contribution in [0.4, 0.5) is 11.6 Å². The van der Waals surface area contributed by atoms with E-state index in [9.17, 15) is 4.79 Å². The van der Waals surface area contributed by atoms with Crippen LogP contribution < -0.4 is 10.1 Å². The van der Waals surface area contributed by atoms with E-state index in [0.717, 1.165) is 37.4 Å². The van der Waals surface area contributed by atoms with E-state index in [1.807, 2.05) is 43.0 Å². The standard InChI is InChI=1S/C20H28N4O2/c1-5-13-24(14-6-2)19(25)18-11-12-21-20(23-18)22-16-7-9-17(10-8-16)26-15(3)4/h7-12,15H,5-6,13-14H2,1-4H3,(H,21,22,23). The van der Waals surface area contributed by atoms with Gasteiger partial charge in [-0.25, -0.2) is 9.97 Å². The maximum absolute atomic E-state index is 12.7. The fraction of sp³-hybridized carbons (Fsp3) is 0.450. The van der Waals surface area contributed by atoms with Crippen molar-refractivity contribution in [1.82, 2.24) is 14.9 Å². The lowest BCUT2D eigenvalue weighted by Gasteiger charge is -2.21. The Hall–Kier alpha value is -2.63. The summed E-state index contributed by atoms with van der Waals surface area (Å²) in [6.07, 6.45) is 3.59. The number of ether oxygens (including phenoxy) is 1. The number of benzene rings is 1. The van der Waals surface area contributed by atoms with Crippen molar-refractivity contribution in [2.24, 2.45) is 0 Å². The summed E-state index contributed by atoms with van der Waals surface area (Å²) in [5.41, 5.74) is 1.24. The SMILES string of the molecule is CCCN(CCC)C(=O)c1ccnc(Nc2ccc(OC(C)C)cc2)n1. The van der Waals surface area contributed by atoms with Gasteiger partial charge in [-0.3, -0.25) is 4.79 Å². The van der Waals surface area contributed by atoms with Gasteiger partial charge in [-0.2, -0.15) is 0 Å². The van der Waals surface area contributed by atoms with Gasteiger partial charge in [0.05, 0.1) is 6.10 Å². The van der Waals surface area contributed by atoms with E-state index in [1.54, 1.807) is 12.3 Å². The van der Waals surface area contributed by atoms with Crippen molar-refractivity contribution < 1.29 is 9.53 Å². The van der Waals surface area contributed by atoms with Crippen LogP contribution in [0, 0.1) is 0 Å². The molecule has 0 spiro atoms. The zero-order chi connectivity index (χ0) is 18.9. The minimum absolute atomic E-state index is 0.0557. The number of carbonyl (C=O) groups is 1. The highest BCUT2D eigenvalue weighted by Crippen LogP contribution is 2.19. The summed E-state index contributed by atoms with van der Waals surface area (Å²) in [6.45, 7) is 9.57. The van der Waals surface area contributed by atoms with Crippen LogP contribution in [0.3, 0.4) is 0 Å². The summed E-state index contributed by atoms with van der Waals surface area (Å²) in [6, 6.07) is 9.24. The van der Waals surface area contributed by atoms with Crippen molar-refractivity contribution in [2.75, 3.05) is 18.4 Å². The normalized spacial score (nSPS) is 10.7. The van der Waals surface area contributed by atoms with Gasteiger partial charge in [-0.05, 0) is 57.0 Å². The third kappa shape index (κ3) is 5.72. The molecule has 0 saturated carbocycles. The van der Waals surface area contributed by atoms with Gasteiger partial charge in [-0.1, -0.05) is 13.8 Å². The molecule has 0 atom stereocenters. The van der Waals surface area contributed by atoms with Crippen molar-refractivity contribution in [3.05, 3.63) is 42.2 Å². The van der Waals surface area contributed by atoms with Crippen LogP contribution in [-0.2, 0) is 0 Å². The Bertz CT molecular complexity index is 695. The van der Waals surface area contributed by atoms with Gasteiger partial charge in [0.1, 0.15) is 11.4 Å². The lowest BCUT2D eigenvalue weighted by Crippen LogP contribution is -2.33. The van der Waals surface area contributed by atoms with E-state index >= 15 is 0 Å². The third-order valence-corrected chi connectivity index (χ3v) is 3.63. The summed E-state index contributed by atoms with van der Waals surface area (Å²) in [4.78, 5) is 23.1. The molecular weight excluding hydrogens is 328 g/mol. The number of aromatic nitrogens is 2. The first-order valence-corrected chi connectivity index (χ1v) is 9.19. The van der Waals surface area contributed by atoms with Crippen LogP contribution in [0.25, 0.3) is 0 Å². The zero-order valence-electron chi connectivity index (χ0n) is 16.0. The second-order valence-corrected chi connectivity index (χ2v) is 6.37. The van der Waals surface area contributed by atoms with E-state index in [4.69, 9.17) is 4.74 Å². The second kappa shape index (κ2) is 9.75. The number of nitrogens with one attached hydrogen (secondary N) is 1. The van der Waals surface area contributed by atoms with Crippen molar-refractivity contribution in [3.63, 3.8) is 0 Å². The fourth-order valence-electron chi connectivity index (χ4n) is 2.57. The molecule has 0 aliphatic rings. The lowest BCUT2D eigenvalue weighted by molar-refractivity contribution is 0.0749. The Kier molecular flexibility index (Phi) is 7.38. The summed E-state index contributed by atoms with van der Waals surface area (Å²) >= 11 is 0. The highest BCUT2D eigenvalue weighted by molar-refractivity contribution is 5.92. The summed E-state index contributed by atoms with van der Waals surface area (Å²) < 4.78 is 5.63. The van der Waals surface area contributed by atoms with Crippen molar-refractivity contribution >= 4 is 17.5 Å². The summed E-state index contributed by atoms with van der Waals surface area (Å²) in [7, 11) is 0. The molecule has 2 aromatic rings. The third-order valence-electron chi connectivity index (χ3n) is 3.63. The van der Waals surface area contributed by atoms with E-state index < -0.39 is 0 Å². The molecule has 2 rings (SSSR count). The predicted octanol–water partition coefficient (Wildman–Crippen LogP) is 4.27. The maximum atomic E-state index is 12.7. The van der Waals surface area contributed by atoms with Crippen molar-refractivity contribution in [2.45, 2.75) is 46.6 Å². The average Bonchev–Trinajstić information content (AvgIpc) is 2.62. The Balaban J connectivity index is 2.09. The van der Waals surface area contributed by atoms with E-state index in [1.165, 1.54) is 0 Å². The van der Waals surface area contributed by atoms with E-state index in [0.29, 0.717) is 11.6 Å². The minimum Gasteiger partial charge on any atom is -0.491 e. The number of rotatable bonds is 9. The predicted molar refractivity (Wildman–Crippen MR) is 104 cm³/mol. The molecule has 0 aliphatic heterocycles. The smallest absolute Gasteiger partial charge is 0.272 e. The maximum Gasteiger partial charge on any atom is 0.272 e. The molecule has 1 N–H and O–H groups in total. The molecule has 1 amide bonds. The first-order chi connectivity index (χ1) is 12.5. The highest BCUT2D eigenvalue weighted by Gasteiger charge is 2.16. The van der Waals surface area contributed by atoms with Gasteiger partial charge < -0.3 is 15.0 Å². The number of amides is 1. The van der Waals surface area contributed by atoms with Gasteiger partial charge in [-0.15, -0.1) is 0 Å². The number of carbonyl (C=O) groups excluding carboxylic acids is 1. The molecular formula is C20H28N4O2. The Morgan fingerprint density at radius 1 is 1.12 bits per heavy atom. The number of anilines is 2. The van der Waals surface area contributed by atoms with Crippen molar-refractivity contribution in [3.8, 4) is 5.75 Å². The largest absolute Gasteiger partial charge is 0.491 e. The quantitative estimate of drug-likeness (QED) is 0.727.